The van der Waals surface area contributed by atoms with E-state index in [-0.39, 0.29) is 28.3 Å². The van der Waals surface area contributed by atoms with Crippen molar-refractivity contribution in [3.05, 3.63) is 97.0 Å². The Hall–Kier alpha value is -2.58. The van der Waals surface area contributed by atoms with Gasteiger partial charge in [0.15, 0.2) is 5.82 Å². The zero-order chi connectivity index (χ0) is 22.7. The van der Waals surface area contributed by atoms with Crippen LogP contribution in [-0.4, -0.2) is 15.7 Å². The fourth-order valence-electron chi connectivity index (χ4n) is 2.82. The fourth-order valence-corrected chi connectivity index (χ4v) is 4.17. The zero-order valence-corrected chi connectivity index (χ0v) is 19.4. The molecule has 0 aliphatic rings. The quantitative estimate of drug-likeness (QED) is 0.293. The number of hydrogen-bond acceptors (Lipinski definition) is 4. The molecule has 32 heavy (non-hydrogen) atoms. The summed E-state index contributed by atoms with van der Waals surface area (Å²) in [6.07, 6.45) is 1.57. The van der Waals surface area contributed by atoms with E-state index in [1.54, 1.807) is 42.6 Å². The molecule has 164 valence electrons. The summed E-state index contributed by atoms with van der Waals surface area (Å²) in [6.45, 7) is 0.596. The summed E-state index contributed by atoms with van der Waals surface area (Å²) in [6, 6.07) is 12.9. The molecule has 0 atom stereocenters. The lowest BCUT2D eigenvalue weighted by atomic mass is 10.2. The van der Waals surface area contributed by atoms with E-state index in [2.05, 4.69) is 10.4 Å². The van der Waals surface area contributed by atoms with E-state index in [9.17, 15) is 9.18 Å². The van der Waals surface area contributed by atoms with Crippen molar-refractivity contribution in [2.24, 2.45) is 0 Å². The number of amides is 1. The van der Waals surface area contributed by atoms with Crippen molar-refractivity contribution in [1.82, 2.24) is 9.78 Å². The number of nitrogens with one attached hydrogen (secondary N) is 1. The predicted molar refractivity (Wildman–Crippen MR) is 126 cm³/mol. The summed E-state index contributed by atoms with van der Waals surface area (Å²) in [7, 11) is 0. The number of carbonyl (C=O) groups is 1. The molecule has 0 saturated heterocycles. The second kappa shape index (κ2) is 9.92. The van der Waals surface area contributed by atoms with E-state index < -0.39 is 5.82 Å². The normalized spacial score (nSPS) is 10.9. The van der Waals surface area contributed by atoms with Gasteiger partial charge in [-0.05, 0) is 53.4 Å². The first-order valence-electron chi connectivity index (χ1n) is 9.31. The van der Waals surface area contributed by atoms with Crippen LogP contribution in [0.1, 0.15) is 20.8 Å². The van der Waals surface area contributed by atoms with Crippen molar-refractivity contribution < 1.29 is 13.9 Å². The minimum absolute atomic E-state index is 0.224. The van der Waals surface area contributed by atoms with Crippen molar-refractivity contribution >= 4 is 57.9 Å². The van der Waals surface area contributed by atoms with Gasteiger partial charge in [0.25, 0.3) is 5.91 Å². The third kappa shape index (κ3) is 5.61. The summed E-state index contributed by atoms with van der Waals surface area (Å²) in [5.74, 6) is 0.159. The molecule has 1 N–H and O–H groups in total. The summed E-state index contributed by atoms with van der Waals surface area (Å²) >= 11 is 19.4. The maximum atomic E-state index is 13.2. The van der Waals surface area contributed by atoms with Crippen molar-refractivity contribution in [3.8, 4) is 5.75 Å². The number of hydrogen-bond donors (Lipinski definition) is 1. The molecule has 0 aliphatic carbocycles. The Morgan fingerprint density at radius 2 is 1.88 bits per heavy atom. The van der Waals surface area contributed by atoms with Crippen molar-refractivity contribution in [2.45, 2.75) is 13.2 Å². The summed E-state index contributed by atoms with van der Waals surface area (Å²) in [5.41, 5.74) is 1.53. The monoisotopic (exact) mass is 509 g/mol. The Labute approximate surface area is 202 Å². The molecule has 2 aromatic carbocycles. The van der Waals surface area contributed by atoms with Crippen molar-refractivity contribution in [2.75, 3.05) is 5.32 Å². The number of nitrogens with zero attached hydrogens (tertiary/aromatic N) is 2. The topological polar surface area (TPSA) is 56.2 Å². The number of aromatic nitrogens is 2. The van der Waals surface area contributed by atoms with Crippen LogP contribution in [0.5, 0.6) is 5.75 Å². The van der Waals surface area contributed by atoms with E-state index in [4.69, 9.17) is 39.5 Å². The van der Waals surface area contributed by atoms with Crippen LogP contribution in [0.25, 0.3) is 0 Å². The van der Waals surface area contributed by atoms with Crippen LogP contribution in [0.4, 0.5) is 10.2 Å². The molecule has 0 spiro atoms. The van der Waals surface area contributed by atoms with E-state index in [1.165, 1.54) is 28.2 Å². The van der Waals surface area contributed by atoms with Gasteiger partial charge in [-0.2, -0.15) is 5.10 Å². The molecule has 2 aromatic heterocycles. The minimum Gasteiger partial charge on any atom is -0.489 e. The minimum atomic E-state index is -0.418. The Bertz CT molecular complexity index is 1260. The molecule has 0 saturated carbocycles. The Morgan fingerprint density at radius 3 is 2.62 bits per heavy atom. The van der Waals surface area contributed by atoms with Gasteiger partial charge in [-0.1, -0.05) is 40.9 Å². The second-order valence-corrected chi connectivity index (χ2v) is 8.94. The van der Waals surface area contributed by atoms with Gasteiger partial charge in [0.1, 0.15) is 23.2 Å². The molecular formula is C22H15Cl3FN3O2S. The van der Waals surface area contributed by atoms with Crippen LogP contribution < -0.4 is 10.1 Å². The lowest BCUT2D eigenvalue weighted by Crippen LogP contribution is -2.12. The van der Waals surface area contributed by atoms with Crippen LogP contribution in [-0.2, 0) is 13.2 Å². The molecule has 0 radical (unpaired) electrons. The molecule has 1 amide bonds. The largest absolute Gasteiger partial charge is 0.489 e. The summed E-state index contributed by atoms with van der Waals surface area (Å²) in [5, 5.41) is 10.0. The Kier molecular flexibility index (Phi) is 7.01. The van der Waals surface area contributed by atoms with E-state index >= 15 is 0 Å². The number of ether oxygens (including phenoxy) is 1. The van der Waals surface area contributed by atoms with Crippen LogP contribution in [0.15, 0.2) is 60.1 Å². The number of rotatable bonds is 7. The molecule has 4 rings (SSSR count). The molecule has 0 aliphatic heterocycles. The van der Waals surface area contributed by atoms with Crippen LogP contribution >= 0.6 is 46.1 Å². The van der Waals surface area contributed by atoms with Gasteiger partial charge in [0.2, 0.25) is 0 Å². The van der Waals surface area contributed by atoms with Gasteiger partial charge in [-0.25, -0.2) is 4.39 Å². The average Bonchev–Trinajstić information content (AvgIpc) is 3.36. The lowest BCUT2D eigenvalue weighted by molar-refractivity contribution is 0.103. The molecule has 0 fully saturated rings. The molecular weight excluding hydrogens is 496 g/mol. The highest BCUT2D eigenvalue weighted by Gasteiger charge is 2.15. The Balaban J connectivity index is 1.38. The van der Waals surface area contributed by atoms with Gasteiger partial charge in [0.05, 0.1) is 11.4 Å². The van der Waals surface area contributed by atoms with Gasteiger partial charge >= 0.3 is 0 Å². The predicted octanol–water partition coefficient (Wildman–Crippen LogP) is 6.92. The van der Waals surface area contributed by atoms with Crippen LogP contribution in [0, 0.1) is 5.82 Å². The highest BCUT2D eigenvalue weighted by atomic mass is 35.5. The molecule has 0 bridgehead atoms. The van der Waals surface area contributed by atoms with E-state index in [1.807, 2.05) is 5.38 Å². The summed E-state index contributed by atoms with van der Waals surface area (Å²) < 4.78 is 20.4. The summed E-state index contributed by atoms with van der Waals surface area (Å²) in [4.78, 5) is 13.1. The lowest BCUT2D eigenvalue weighted by Gasteiger charge is -2.05. The number of halogens is 4. The third-order valence-electron chi connectivity index (χ3n) is 4.39. The number of thiophene rings is 1. The number of anilines is 1. The Morgan fingerprint density at radius 1 is 1.09 bits per heavy atom. The first kappa shape index (κ1) is 22.6. The first-order valence-corrected chi connectivity index (χ1v) is 11.3. The maximum absolute atomic E-state index is 13.2. The molecule has 10 heteroatoms. The zero-order valence-electron chi connectivity index (χ0n) is 16.3. The molecule has 5 nitrogen and oxygen atoms in total. The first-order chi connectivity index (χ1) is 15.4. The maximum Gasteiger partial charge on any atom is 0.266 e. The van der Waals surface area contributed by atoms with Gasteiger partial charge in [0, 0.05) is 21.8 Å². The fraction of sp³-hybridized carbons (Fsp3) is 0.0909. The molecule has 4 aromatic rings. The average molecular weight is 511 g/mol. The van der Waals surface area contributed by atoms with Gasteiger partial charge in [-0.3, -0.25) is 9.48 Å². The highest BCUT2D eigenvalue weighted by Crippen LogP contribution is 2.25. The van der Waals surface area contributed by atoms with Gasteiger partial charge < -0.3 is 10.1 Å². The smallest absolute Gasteiger partial charge is 0.266 e. The van der Waals surface area contributed by atoms with E-state index in [0.717, 1.165) is 5.56 Å². The second-order valence-electron chi connectivity index (χ2n) is 6.77. The molecule has 2 heterocycles. The number of benzene rings is 2. The number of carbonyl (C=O) groups excluding carboxylic acids is 1. The standard InChI is InChI=1S/C22H15Cl3FN3O2S/c23-15-2-5-17(6-3-15)31-11-13-7-20(32-12-13)22(30)27-21-19(25)10-29(28-21)9-14-1-4-16(26)8-18(14)24/h1-8,10,12H,9,11H2,(H,27,28,30). The van der Waals surface area contributed by atoms with Crippen LogP contribution in [0.2, 0.25) is 15.1 Å². The highest BCUT2D eigenvalue weighted by molar-refractivity contribution is 7.12. The van der Waals surface area contributed by atoms with Crippen molar-refractivity contribution in [3.63, 3.8) is 0 Å². The van der Waals surface area contributed by atoms with Gasteiger partial charge in [-0.15, -0.1) is 11.3 Å². The van der Waals surface area contributed by atoms with Crippen molar-refractivity contribution in [1.29, 1.82) is 0 Å². The molecule has 0 unspecified atom stereocenters. The van der Waals surface area contributed by atoms with E-state index in [0.29, 0.717) is 27.8 Å². The SMILES string of the molecule is O=C(Nc1nn(Cc2ccc(F)cc2Cl)cc1Cl)c1cc(COc2ccc(Cl)cc2)cs1. The van der Waals surface area contributed by atoms with Crippen LogP contribution in [0.3, 0.4) is 0 Å². The third-order valence-corrected chi connectivity index (χ3v) is 6.25.